The van der Waals surface area contributed by atoms with Gasteiger partial charge in [-0.3, -0.25) is 9.52 Å². The zero-order chi connectivity index (χ0) is 26.6. The minimum Gasteiger partial charge on any atom is -0.326 e. The van der Waals surface area contributed by atoms with E-state index in [4.69, 9.17) is 0 Å². The fourth-order valence-electron chi connectivity index (χ4n) is 4.31. The SMILES string of the molecule is Cc1ccccc1CS(=O)(=O)N1CCC(C(=O)Nc2ccc(S(=O)(=O)Nc3ccccc3C)cc2)CC1. The molecule has 1 heterocycles. The quantitative estimate of drug-likeness (QED) is 0.442. The third-order valence-corrected chi connectivity index (χ3v) is 9.85. The third kappa shape index (κ3) is 6.57. The van der Waals surface area contributed by atoms with Gasteiger partial charge in [-0.2, -0.15) is 0 Å². The van der Waals surface area contributed by atoms with E-state index >= 15 is 0 Å². The van der Waals surface area contributed by atoms with Crippen LogP contribution in [0.3, 0.4) is 0 Å². The number of benzene rings is 3. The Labute approximate surface area is 218 Å². The van der Waals surface area contributed by atoms with Crippen LogP contribution in [0, 0.1) is 19.8 Å². The van der Waals surface area contributed by atoms with Gasteiger partial charge >= 0.3 is 0 Å². The minimum absolute atomic E-state index is 0.0511. The highest BCUT2D eigenvalue weighted by Crippen LogP contribution is 2.25. The molecule has 0 unspecified atom stereocenters. The van der Waals surface area contributed by atoms with E-state index < -0.39 is 20.0 Å². The largest absolute Gasteiger partial charge is 0.326 e. The van der Waals surface area contributed by atoms with Crippen LogP contribution >= 0.6 is 0 Å². The van der Waals surface area contributed by atoms with Crippen molar-refractivity contribution in [2.45, 2.75) is 37.3 Å². The fraction of sp³-hybridized carbons (Fsp3) is 0.296. The first-order chi connectivity index (χ1) is 17.5. The number of aryl methyl sites for hydroxylation is 2. The average Bonchev–Trinajstić information content (AvgIpc) is 2.87. The van der Waals surface area contributed by atoms with E-state index in [9.17, 15) is 21.6 Å². The topological polar surface area (TPSA) is 113 Å². The van der Waals surface area contributed by atoms with Crippen molar-refractivity contribution in [3.05, 3.63) is 89.5 Å². The molecule has 37 heavy (non-hydrogen) atoms. The molecule has 0 radical (unpaired) electrons. The van der Waals surface area contributed by atoms with Gasteiger partial charge in [-0.15, -0.1) is 0 Å². The second kappa shape index (κ2) is 11.0. The molecule has 0 aliphatic carbocycles. The fourth-order valence-corrected chi connectivity index (χ4v) is 7.11. The van der Waals surface area contributed by atoms with Gasteiger partial charge < -0.3 is 5.32 Å². The van der Waals surface area contributed by atoms with E-state index in [2.05, 4.69) is 10.0 Å². The number of carbonyl (C=O) groups is 1. The van der Waals surface area contributed by atoms with E-state index in [1.54, 1.807) is 24.3 Å². The summed E-state index contributed by atoms with van der Waals surface area (Å²) in [6.07, 6.45) is 0.845. The Morgan fingerprint density at radius 2 is 1.43 bits per heavy atom. The molecule has 10 heteroatoms. The van der Waals surface area contributed by atoms with Gasteiger partial charge in [-0.25, -0.2) is 21.1 Å². The van der Waals surface area contributed by atoms with Crippen molar-refractivity contribution in [1.29, 1.82) is 0 Å². The number of rotatable bonds is 8. The number of sulfonamides is 2. The van der Waals surface area contributed by atoms with Crippen LogP contribution in [0.15, 0.2) is 77.7 Å². The van der Waals surface area contributed by atoms with E-state index in [1.807, 2.05) is 50.2 Å². The van der Waals surface area contributed by atoms with Crippen molar-refractivity contribution < 1.29 is 21.6 Å². The van der Waals surface area contributed by atoms with Crippen LogP contribution in [0.25, 0.3) is 0 Å². The number of carbonyl (C=O) groups excluding carboxylic acids is 1. The molecule has 1 aliphatic rings. The normalized spacial score (nSPS) is 15.3. The summed E-state index contributed by atoms with van der Waals surface area (Å²) in [7, 11) is -7.24. The van der Waals surface area contributed by atoms with Crippen molar-refractivity contribution in [2.24, 2.45) is 5.92 Å². The number of anilines is 2. The third-order valence-electron chi connectivity index (χ3n) is 6.64. The van der Waals surface area contributed by atoms with Crippen LogP contribution in [0.2, 0.25) is 0 Å². The molecule has 1 amide bonds. The highest BCUT2D eigenvalue weighted by Gasteiger charge is 2.31. The molecule has 0 spiro atoms. The molecule has 4 rings (SSSR count). The van der Waals surface area contributed by atoms with Gasteiger partial charge in [0.25, 0.3) is 10.0 Å². The first-order valence-electron chi connectivity index (χ1n) is 12.1. The van der Waals surface area contributed by atoms with Crippen molar-refractivity contribution in [3.63, 3.8) is 0 Å². The number of para-hydroxylation sites is 1. The monoisotopic (exact) mass is 541 g/mol. The predicted octanol–water partition coefficient (Wildman–Crippen LogP) is 4.28. The van der Waals surface area contributed by atoms with Crippen LogP contribution in [0.4, 0.5) is 11.4 Å². The van der Waals surface area contributed by atoms with Crippen LogP contribution in [0.5, 0.6) is 0 Å². The Morgan fingerprint density at radius 3 is 2.05 bits per heavy atom. The predicted molar refractivity (Wildman–Crippen MR) is 145 cm³/mol. The summed E-state index contributed by atoms with van der Waals surface area (Å²) in [5.41, 5.74) is 3.51. The molecule has 1 aliphatic heterocycles. The first kappa shape index (κ1) is 26.8. The minimum atomic E-state index is -3.77. The van der Waals surface area contributed by atoms with E-state index in [0.717, 1.165) is 16.7 Å². The number of piperidine rings is 1. The number of nitrogens with one attached hydrogen (secondary N) is 2. The zero-order valence-electron chi connectivity index (χ0n) is 20.8. The van der Waals surface area contributed by atoms with Gasteiger partial charge in [0.2, 0.25) is 15.9 Å². The Kier molecular flexibility index (Phi) is 8.01. The smallest absolute Gasteiger partial charge is 0.261 e. The Morgan fingerprint density at radius 1 is 0.838 bits per heavy atom. The maximum atomic E-state index is 12.9. The van der Waals surface area contributed by atoms with Crippen molar-refractivity contribution in [2.75, 3.05) is 23.1 Å². The molecule has 1 fully saturated rings. The van der Waals surface area contributed by atoms with Crippen LogP contribution < -0.4 is 10.0 Å². The molecule has 0 aromatic heterocycles. The summed E-state index contributed by atoms with van der Waals surface area (Å²) in [4.78, 5) is 12.9. The highest BCUT2D eigenvalue weighted by molar-refractivity contribution is 7.92. The second-order valence-corrected chi connectivity index (χ2v) is 12.9. The van der Waals surface area contributed by atoms with Crippen molar-refractivity contribution in [1.82, 2.24) is 4.31 Å². The molecule has 3 aromatic carbocycles. The molecule has 0 saturated carbocycles. The molecule has 8 nitrogen and oxygen atoms in total. The molecule has 2 N–H and O–H groups in total. The lowest BCUT2D eigenvalue weighted by molar-refractivity contribution is -0.120. The lowest BCUT2D eigenvalue weighted by Crippen LogP contribution is -2.41. The summed E-state index contributed by atoms with van der Waals surface area (Å²) in [6.45, 7) is 4.28. The number of hydrogen-bond donors (Lipinski definition) is 2. The maximum Gasteiger partial charge on any atom is 0.261 e. The summed E-state index contributed by atoms with van der Waals surface area (Å²) >= 11 is 0. The van der Waals surface area contributed by atoms with Crippen LogP contribution in [0.1, 0.15) is 29.5 Å². The van der Waals surface area contributed by atoms with Gasteiger partial charge in [0.05, 0.1) is 16.3 Å². The van der Waals surface area contributed by atoms with Crippen LogP contribution in [-0.4, -0.2) is 40.1 Å². The lowest BCUT2D eigenvalue weighted by atomic mass is 9.97. The maximum absolute atomic E-state index is 12.9. The number of amides is 1. The zero-order valence-corrected chi connectivity index (χ0v) is 22.5. The van der Waals surface area contributed by atoms with Crippen LogP contribution in [-0.2, 0) is 30.6 Å². The van der Waals surface area contributed by atoms with Gasteiger partial charge in [0.1, 0.15) is 0 Å². The average molecular weight is 542 g/mol. The van der Waals surface area contributed by atoms with E-state index in [1.165, 1.54) is 16.4 Å². The van der Waals surface area contributed by atoms with Gasteiger partial charge in [0, 0.05) is 24.7 Å². The molecule has 0 bridgehead atoms. The Balaban J connectivity index is 1.32. The molecular weight excluding hydrogens is 510 g/mol. The van der Waals surface area contributed by atoms with E-state index in [-0.39, 0.29) is 35.6 Å². The second-order valence-electron chi connectivity index (χ2n) is 9.29. The number of hydrogen-bond acceptors (Lipinski definition) is 5. The lowest BCUT2D eigenvalue weighted by Gasteiger charge is -2.30. The first-order valence-corrected chi connectivity index (χ1v) is 15.2. The standard InChI is InChI=1S/C27H31N3O5S2/c1-20-7-3-5-9-23(20)19-36(32,33)30-17-15-22(16-18-30)27(31)28-24-11-13-25(14-12-24)37(34,35)29-26-10-6-4-8-21(26)2/h3-14,22,29H,15-19H2,1-2H3,(H,28,31). The van der Waals surface area contributed by atoms with E-state index in [0.29, 0.717) is 24.2 Å². The van der Waals surface area contributed by atoms with Crippen molar-refractivity contribution in [3.8, 4) is 0 Å². The summed E-state index contributed by atoms with van der Waals surface area (Å²) < 4.78 is 55.3. The Bertz CT molecular complexity index is 1480. The summed E-state index contributed by atoms with van der Waals surface area (Å²) in [6, 6.07) is 20.5. The highest BCUT2D eigenvalue weighted by atomic mass is 32.2. The van der Waals surface area contributed by atoms with Crippen molar-refractivity contribution >= 4 is 37.3 Å². The van der Waals surface area contributed by atoms with Gasteiger partial charge in [0.15, 0.2) is 0 Å². The summed E-state index contributed by atoms with van der Waals surface area (Å²) in [5, 5.41) is 2.83. The molecular formula is C27H31N3O5S2. The Hall–Kier alpha value is -3.21. The summed E-state index contributed by atoms with van der Waals surface area (Å²) in [5.74, 6) is -0.578. The molecule has 3 aromatic rings. The molecule has 0 atom stereocenters. The molecule has 1 saturated heterocycles. The molecule has 196 valence electrons. The number of nitrogens with zero attached hydrogens (tertiary/aromatic N) is 1. The van der Waals surface area contributed by atoms with Gasteiger partial charge in [-0.05, 0) is 73.7 Å². The van der Waals surface area contributed by atoms with Gasteiger partial charge in [-0.1, -0.05) is 42.5 Å².